The highest BCUT2D eigenvalue weighted by atomic mass is 15.1. The molecule has 2 rings (SSSR count). The summed E-state index contributed by atoms with van der Waals surface area (Å²) < 4.78 is 2.20. The Morgan fingerprint density at radius 2 is 2.19 bits per heavy atom. The molecular weight excluding hydrogens is 198 g/mol. The monoisotopic (exact) mass is 217 g/mol. The number of aryl methyl sites for hydroxylation is 1. The minimum atomic E-state index is 0.458. The van der Waals surface area contributed by atoms with Crippen LogP contribution >= 0.6 is 0 Å². The largest absolute Gasteiger partial charge is 0.330 e. The van der Waals surface area contributed by atoms with E-state index in [0.29, 0.717) is 6.04 Å². The first-order valence-electron chi connectivity index (χ1n) is 5.88. The van der Waals surface area contributed by atoms with Crippen LogP contribution in [0, 0.1) is 0 Å². The molecule has 0 aliphatic heterocycles. The molecule has 0 saturated heterocycles. The number of benzene rings is 1. The van der Waals surface area contributed by atoms with Gasteiger partial charge in [0.1, 0.15) is 0 Å². The topological polar surface area (TPSA) is 43.8 Å². The van der Waals surface area contributed by atoms with Gasteiger partial charge >= 0.3 is 0 Å². The summed E-state index contributed by atoms with van der Waals surface area (Å²) >= 11 is 0. The van der Waals surface area contributed by atoms with Gasteiger partial charge in [0.05, 0.1) is 17.4 Å². The molecule has 2 N–H and O–H groups in total. The zero-order valence-corrected chi connectivity index (χ0v) is 9.98. The maximum absolute atomic E-state index is 5.51. The molecule has 0 unspecified atom stereocenters. The Morgan fingerprint density at radius 1 is 1.38 bits per heavy atom. The van der Waals surface area contributed by atoms with Gasteiger partial charge in [-0.2, -0.15) is 0 Å². The maximum Gasteiger partial charge on any atom is 0.0960 e. The van der Waals surface area contributed by atoms with Crippen LogP contribution in [0.15, 0.2) is 24.5 Å². The molecule has 0 radical (unpaired) electrons. The van der Waals surface area contributed by atoms with Crippen LogP contribution in [-0.4, -0.2) is 16.1 Å². The normalized spacial score (nSPS) is 11.5. The number of aromatic nitrogens is 2. The molecule has 1 aromatic carbocycles. The Balaban J connectivity index is 2.33. The number of nitrogens with two attached hydrogens (primary N) is 1. The Kier molecular flexibility index (Phi) is 3.25. The summed E-state index contributed by atoms with van der Waals surface area (Å²) in [4.78, 5) is 4.44. The molecule has 0 saturated carbocycles. The molecule has 0 atom stereocenters. The van der Waals surface area contributed by atoms with Crippen molar-refractivity contribution in [2.24, 2.45) is 5.73 Å². The van der Waals surface area contributed by atoms with Crippen molar-refractivity contribution in [3.63, 3.8) is 0 Å². The van der Waals surface area contributed by atoms with Crippen molar-refractivity contribution in [2.45, 2.75) is 32.7 Å². The third-order valence-electron chi connectivity index (χ3n) is 2.87. The standard InChI is InChI=1S/C13H19N3/c1-10(2)16-9-15-12-8-11(4-3-7-14)5-6-13(12)16/h5-6,8-10H,3-4,7,14H2,1-2H3. The molecular formula is C13H19N3. The molecule has 1 aromatic heterocycles. The van der Waals surface area contributed by atoms with Crippen LogP contribution in [-0.2, 0) is 6.42 Å². The van der Waals surface area contributed by atoms with E-state index in [0.717, 1.165) is 24.9 Å². The average molecular weight is 217 g/mol. The lowest BCUT2D eigenvalue weighted by Crippen LogP contribution is -2.00. The van der Waals surface area contributed by atoms with Gasteiger partial charge in [-0.05, 0) is 50.9 Å². The average Bonchev–Trinajstić information content (AvgIpc) is 2.69. The zero-order chi connectivity index (χ0) is 11.5. The minimum absolute atomic E-state index is 0.458. The van der Waals surface area contributed by atoms with Crippen molar-refractivity contribution in [1.29, 1.82) is 0 Å². The molecule has 0 amide bonds. The van der Waals surface area contributed by atoms with Crippen LogP contribution in [0.2, 0.25) is 0 Å². The van der Waals surface area contributed by atoms with E-state index in [1.165, 1.54) is 11.1 Å². The fraction of sp³-hybridized carbons (Fsp3) is 0.462. The number of rotatable bonds is 4. The second-order valence-electron chi connectivity index (χ2n) is 4.46. The Labute approximate surface area is 96.3 Å². The Bertz CT molecular complexity index is 471. The fourth-order valence-corrected chi connectivity index (χ4v) is 1.95. The second-order valence-corrected chi connectivity index (χ2v) is 4.46. The van der Waals surface area contributed by atoms with E-state index in [2.05, 4.69) is 41.6 Å². The maximum atomic E-state index is 5.51. The lowest BCUT2D eigenvalue weighted by atomic mass is 10.1. The van der Waals surface area contributed by atoms with Crippen molar-refractivity contribution >= 4 is 11.0 Å². The summed E-state index contributed by atoms with van der Waals surface area (Å²) in [5.41, 5.74) is 9.14. The lowest BCUT2D eigenvalue weighted by Gasteiger charge is -2.08. The van der Waals surface area contributed by atoms with Gasteiger partial charge in [-0.25, -0.2) is 4.98 Å². The quantitative estimate of drug-likeness (QED) is 0.855. The third-order valence-corrected chi connectivity index (χ3v) is 2.87. The van der Waals surface area contributed by atoms with Crippen LogP contribution in [0.5, 0.6) is 0 Å². The highest BCUT2D eigenvalue weighted by molar-refractivity contribution is 5.76. The van der Waals surface area contributed by atoms with Gasteiger partial charge in [0, 0.05) is 6.04 Å². The van der Waals surface area contributed by atoms with E-state index in [1.807, 2.05) is 6.33 Å². The molecule has 0 spiro atoms. The Hall–Kier alpha value is -1.35. The van der Waals surface area contributed by atoms with E-state index < -0.39 is 0 Å². The smallest absolute Gasteiger partial charge is 0.0960 e. The van der Waals surface area contributed by atoms with Crippen molar-refractivity contribution in [1.82, 2.24) is 9.55 Å². The molecule has 0 fully saturated rings. The summed E-state index contributed by atoms with van der Waals surface area (Å²) in [5.74, 6) is 0. The third kappa shape index (κ3) is 2.09. The molecule has 3 heteroatoms. The number of fused-ring (bicyclic) bond motifs is 1. The predicted octanol–water partition coefficient (Wildman–Crippen LogP) is 2.51. The zero-order valence-electron chi connectivity index (χ0n) is 9.98. The van der Waals surface area contributed by atoms with Crippen molar-refractivity contribution < 1.29 is 0 Å². The highest BCUT2D eigenvalue weighted by Gasteiger charge is 2.05. The molecule has 86 valence electrons. The molecule has 2 aromatic rings. The van der Waals surface area contributed by atoms with Gasteiger partial charge in [0.15, 0.2) is 0 Å². The van der Waals surface area contributed by atoms with Gasteiger partial charge in [-0.1, -0.05) is 6.07 Å². The van der Waals surface area contributed by atoms with Crippen LogP contribution in [0.25, 0.3) is 11.0 Å². The first kappa shape index (κ1) is 11.1. The van der Waals surface area contributed by atoms with E-state index in [-0.39, 0.29) is 0 Å². The van der Waals surface area contributed by atoms with Crippen molar-refractivity contribution in [3.8, 4) is 0 Å². The van der Waals surface area contributed by atoms with Gasteiger partial charge < -0.3 is 10.3 Å². The van der Waals surface area contributed by atoms with Crippen molar-refractivity contribution in [2.75, 3.05) is 6.54 Å². The Morgan fingerprint density at radius 3 is 2.88 bits per heavy atom. The van der Waals surface area contributed by atoms with Gasteiger partial charge in [0.25, 0.3) is 0 Å². The van der Waals surface area contributed by atoms with E-state index >= 15 is 0 Å². The SMILES string of the molecule is CC(C)n1cnc2cc(CCCN)ccc21. The molecule has 16 heavy (non-hydrogen) atoms. The molecule has 1 heterocycles. The molecule has 3 nitrogen and oxygen atoms in total. The molecule has 0 aliphatic carbocycles. The summed E-state index contributed by atoms with van der Waals surface area (Å²) in [5, 5.41) is 0. The van der Waals surface area contributed by atoms with E-state index in [4.69, 9.17) is 5.73 Å². The van der Waals surface area contributed by atoms with Gasteiger partial charge in [0.2, 0.25) is 0 Å². The van der Waals surface area contributed by atoms with Crippen LogP contribution < -0.4 is 5.73 Å². The number of imidazole rings is 1. The molecule has 0 aliphatic rings. The van der Waals surface area contributed by atoms with Gasteiger partial charge in [-0.3, -0.25) is 0 Å². The van der Waals surface area contributed by atoms with Crippen LogP contribution in [0.4, 0.5) is 0 Å². The van der Waals surface area contributed by atoms with Crippen LogP contribution in [0.1, 0.15) is 31.9 Å². The summed E-state index contributed by atoms with van der Waals surface area (Å²) in [6, 6.07) is 6.97. The summed E-state index contributed by atoms with van der Waals surface area (Å²) in [6.07, 6.45) is 4.00. The highest BCUT2D eigenvalue weighted by Crippen LogP contribution is 2.19. The van der Waals surface area contributed by atoms with E-state index in [9.17, 15) is 0 Å². The summed E-state index contributed by atoms with van der Waals surface area (Å²) in [6.45, 7) is 5.09. The summed E-state index contributed by atoms with van der Waals surface area (Å²) in [7, 11) is 0. The van der Waals surface area contributed by atoms with Crippen LogP contribution in [0.3, 0.4) is 0 Å². The van der Waals surface area contributed by atoms with Crippen molar-refractivity contribution in [3.05, 3.63) is 30.1 Å². The number of nitrogens with zero attached hydrogens (tertiary/aromatic N) is 2. The van der Waals surface area contributed by atoms with E-state index in [1.54, 1.807) is 0 Å². The van der Waals surface area contributed by atoms with Gasteiger partial charge in [-0.15, -0.1) is 0 Å². The number of hydrogen-bond acceptors (Lipinski definition) is 2. The first-order valence-corrected chi connectivity index (χ1v) is 5.88. The molecule has 0 bridgehead atoms. The predicted molar refractivity (Wildman–Crippen MR) is 67.5 cm³/mol. The fourth-order valence-electron chi connectivity index (χ4n) is 1.95. The lowest BCUT2D eigenvalue weighted by molar-refractivity contribution is 0.617. The first-order chi connectivity index (χ1) is 7.72. The second kappa shape index (κ2) is 4.66. The minimum Gasteiger partial charge on any atom is -0.330 e. The number of hydrogen-bond donors (Lipinski definition) is 1.